The predicted molar refractivity (Wildman–Crippen MR) is 108 cm³/mol. The number of aromatic nitrogens is 2. The topological polar surface area (TPSA) is 76.1 Å². The molecule has 0 bridgehead atoms. The second-order valence-corrected chi connectivity index (χ2v) is 9.23. The number of carbonyl (C=O) groups excluding carboxylic acids is 1. The van der Waals surface area contributed by atoms with E-state index in [4.69, 9.17) is 0 Å². The molecule has 0 radical (unpaired) electrons. The number of hydrogen-bond donors (Lipinski definition) is 2. The van der Waals surface area contributed by atoms with E-state index in [0.29, 0.717) is 21.7 Å². The number of ether oxygens (including phenoxy) is 1. The molecule has 2 N–H and O–H groups in total. The number of halogens is 3. The van der Waals surface area contributed by atoms with Gasteiger partial charge in [0.15, 0.2) is 4.34 Å². The molecule has 0 spiro atoms. The first-order valence-electron chi connectivity index (χ1n) is 8.21. The molecular weight excluding hydrogens is 445 g/mol. The summed E-state index contributed by atoms with van der Waals surface area (Å²) in [6, 6.07) is 9.16. The van der Waals surface area contributed by atoms with Crippen molar-refractivity contribution in [1.82, 2.24) is 15.5 Å². The SMILES string of the molecule is CC(Sc1nnc(Nc2ccc(OC(F)(F)F)cc2)s1)C(=O)NCc1cccs1. The lowest BCUT2D eigenvalue weighted by Gasteiger charge is -2.09. The highest BCUT2D eigenvalue weighted by atomic mass is 32.2. The van der Waals surface area contributed by atoms with E-state index < -0.39 is 6.36 Å². The molecule has 2 heterocycles. The fraction of sp³-hybridized carbons (Fsp3) is 0.235. The highest BCUT2D eigenvalue weighted by Gasteiger charge is 2.31. The normalized spacial score (nSPS) is 12.4. The van der Waals surface area contributed by atoms with Crippen LogP contribution in [0.4, 0.5) is 24.0 Å². The van der Waals surface area contributed by atoms with Crippen molar-refractivity contribution >= 4 is 51.2 Å². The highest BCUT2D eigenvalue weighted by Crippen LogP contribution is 2.31. The van der Waals surface area contributed by atoms with Gasteiger partial charge in [-0.25, -0.2) is 0 Å². The van der Waals surface area contributed by atoms with Crippen LogP contribution in [0, 0.1) is 0 Å². The van der Waals surface area contributed by atoms with E-state index in [9.17, 15) is 18.0 Å². The third-order valence-electron chi connectivity index (χ3n) is 3.41. The average Bonchev–Trinajstić information content (AvgIpc) is 3.32. The molecule has 3 aromatic rings. The Morgan fingerprint density at radius 2 is 2.00 bits per heavy atom. The Kier molecular flexibility index (Phi) is 6.98. The van der Waals surface area contributed by atoms with Crippen LogP contribution in [0.5, 0.6) is 5.75 Å². The van der Waals surface area contributed by atoms with E-state index in [2.05, 4.69) is 25.6 Å². The average molecular weight is 461 g/mol. The summed E-state index contributed by atoms with van der Waals surface area (Å²) in [7, 11) is 0. The van der Waals surface area contributed by atoms with Crippen molar-refractivity contribution in [2.75, 3.05) is 5.32 Å². The largest absolute Gasteiger partial charge is 0.573 e. The molecule has 6 nitrogen and oxygen atoms in total. The van der Waals surface area contributed by atoms with E-state index in [1.165, 1.54) is 47.4 Å². The first-order chi connectivity index (χ1) is 13.8. The Morgan fingerprint density at radius 3 is 2.66 bits per heavy atom. The van der Waals surface area contributed by atoms with Gasteiger partial charge >= 0.3 is 6.36 Å². The van der Waals surface area contributed by atoms with Gasteiger partial charge in [0.2, 0.25) is 11.0 Å². The van der Waals surface area contributed by atoms with E-state index in [1.54, 1.807) is 18.3 Å². The van der Waals surface area contributed by atoms with Crippen molar-refractivity contribution in [2.24, 2.45) is 0 Å². The summed E-state index contributed by atoms with van der Waals surface area (Å²) < 4.78 is 41.0. The summed E-state index contributed by atoms with van der Waals surface area (Å²) in [6.45, 7) is 2.26. The second-order valence-electron chi connectivity index (χ2n) is 5.63. The minimum Gasteiger partial charge on any atom is -0.406 e. The number of nitrogens with zero attached hydrogens (tertiary/aromatic N) is 2. The van der Waals surface area contributed by atoms with Crippen molar-refractivity contribution in [3.05, 3.63) is 46.7 Å². The fourth-order valence-corrected chi connectivity index (χ4v) is 4.69. The molecule has 12 heteroatoms. The Balaban J connectivity index is 1.50. The zero-order valence-electron chi connectivity index (χ0n) is 14.9. The summed E-state index contributed by atoms with van der Waals surface area (Å²) in [5.74, 6) is -0.410. The maximum atomic E-state index is 12.2. The third kappa shape index (κ3) is 6.91. The Morgan fingerprint density at radius 1 is 1.24 bits per heavy atom. The smallest absolute Gasteiger partial charge is 0.406 e. The summed E-state index contributed by atoms with van der Waals surface area (Å²) in [5, 5.41) is 15.9. The van der Waals surface area contributed by atoms with Crippen LogP contribution in [0.1, 0.15) is 11.8 Å². The molecule has 1 atom stereocenters. The van der Waals surface area contributed by atoms with Gasteiger partial charge in [0, 0.05) is 10.6 Å². The summed E-state index contributed by atoms with van der Waals surface area (Å²) in [5.41, 5.74) is 0.536. The van der Waals surface area contributed by atoms with Crippen LogP contribution in [-0.4, -0.2) is 27.7 Å². The molecule has 3 rings (SSSR count). The molecule has 0 fully saturated rings. The molecular formula is C17H15F3N4O2S3. The first kappa shape index (κ1) is 21.4. The number of carbonyl (C=O) groups is 1. The van der Waals surface area contributed by atoms with E-state index in [1.807, 2.05) is 17.5 Å². The zero-order chi connectivity index (χ0) is 20.9. The molecule has 1 unspecified atom stereocenters. The minimum absolute atomic E-state index is 0.103. The number of anilines is 2. The number of rotatable bonds is 8. The summed E-state index contributed by atoms with van der Waals surface area (Å²) in [6.07, 6.45) is -4.73. The van der Waals surface area contributed by atoms with Gasteiger partial charge in [-0.1, -0.05) is 29.2 Å². The van der Waals surface area contributed by atoms with E-state index in [0.717, 1.165) is 4.88 Å². The predicted octanol–water partition coefficient (Wildman–Crippen LogP) is 5.04. The second kappa shape index (κ2) is 9.46. The number of benzene rings is 1. The molecule has 154 valence electrons. The monoisotopic (exact) mass is 460 g/mol. The van der Waals surface area contributed by atoms with Gasteiger partial charge in [-0.2, -0.15) is 0 Å². The molecule has 0 aliphatic rings. The Labute approximate surface area is 176 Å². The number of thioether (sulfide) groups is 1. The summed E-state index contributed by atoms with van der Waals surface area (Å²) in [4.78, 5) is 13.3. The van der Waals surface area contributed by atoms with Crippen LogP contribution in [0.25, 0.3) is 0 Å². The maximum absolute atomic E-state index is 12.2. The third-order valence-corrected chi connectivity index (χ3v) is 6.31. The van der Waals surface area contributed by atoms with Gasteiger partial charge in [0.1, 0.15) is 5.75 Å². The van der Waals surface area contributed by atoms with Crippen LogP contribution >= 0.6 is 34.4 Å². The zero-order valence-corrected chi connectivity index (χ0v) is 17.3. The van der Waals surface area contributed by atoms with Crippen LogP contribution in [0.15, 0.2) is 46.1 Å². The van der Waals surface area contributed by atoms with E-state index >= 15 is 0 Å². The van der Waals surface area contributed by atoms with Crippen molar-refractivity contribution in [3.63, 3.8) is 0 Å². The van der Waals surface area contributed by atoms with Crippen LogP contribution < -0.4 is 15.4 Å². The molecule has 1 amide bonds. The van der Waals surface area contributed by atoms with Gasteiger partial charge in [-0.15, -0.1) is 34.7 Å². The van der Waals surface area contributed by atoms with E-state index in [-0.39, 0.29) is 16.9 Å². The lowest BCUT2D eigenvalue weighted by Crippen LogP contribution is -2.30. The highest BCUT2D eigenvalue weighted by molar-refractivity contribution is 8.02. The fourth-order valence-electron chi connectivity index (χ4n) is 2.11. The number of thiophene rings is 1. The lowest BCUT2D eigenvalue weighted by molar-refractivity contribution is -0.274. The molecule has 0 aliphatic carbocycles. The molecule has 0 saturated heterocycles. The first-order valence-corrected chi connectivity index (χ1v) is 10.8. The number of nitrogens with one attached hydrogen (secondary N) is 2. The minimum atomic E-state index is -4.73. The van der Waals surface area contributed by atoms with Crippen molar-refractivity contribution in [1.29, 1.82) is 0 Å². The Bertz CT molecular complexity index is 930. The number of alkyl halides is 3. The van der Waals surface area contributed by atoms with Crippen molar-refractivity contribution in [2.45, 2.75) is 29.4 Å². The maximum Gasteiger partial charge on any atom is 0.573 e. The lowest BCUT2D eigenvalue weighted by atomic mass is 10.3. The molecule has 29 heavy (non-hydrogen) atoms. The molecule has 2 aromatic heterocycles. The van der Waals surface area contributed by atoms with Crippen molar-refractivity contribution < 1.29 is 22.7 Å². The number of hydrogen-bond acceptors (Lipinski definition) is 8. The standard InChI is InChI=1S/C17H15F3N4O2S3/c1-10(14(25)21-9-13-3-2-8-27-13)28-16-24-23-15(29-16)22-11-4-6-12(7-5-11)26-17(18,19)20/h2-8,10H,9H2,1H3,(H,21,25)(H,22,23). The summed E-state index contributed by atoms with van der Waals surface area (Å²) >= 11 is 4.10. The van der Waals surface area contributed by atoms with Crippen LogP contribution in [0.3, 0.4) is 0 Å². The van der Waals surface area contributed by atoms with Gasteiger partial charge in [0.05, 0.1) is 11.8 Å². The van der Waals surface area contributed by atoms with Gasteiger partial charge < -0.3 is 15.4 Å². The van der Waals surface area contributed by atoms with Crippen molar-refractivity contribution in [3.8, 4) is 5.75 Å². The number of amides is 1. The molecule has 1 aromatic carbocycles. The van der Waals surface area contributed by atoms with Gasteiger partial charge in [-0.3, -0.25) is 4.79 Å². The quantitative estimate of drug-likeness (QED) is 0.459. The van der Waals surface area contributed by atoms with Crippen LogP contribution in [0.2, 0.25) is 0 Å². The molecule has 0 aliphatic heterocycles. The van der Waals surface area contributed by atoms with Gasteiger partial charge in [0.25, 0.3) is 0 Å². The Hall–Kier alpha value is -2.31. The van der Waals surface area contributed by atoms with Crippen LogP contribution in [-0.2, 0) is 11.3 Å². The van der Waals surface area contributed by atoms with Gasteiger partial charge in [-0.05, 0) is 42.6 Å². The molecule has 0 saturated carbocycles.